The molecule has 0 radical (unpaired) electrons. The highest BCUT2D eigenvalue weighted by molar-refractivity contribution is 6.73. The maximum atomic E-state index is 13.2. The van der Waals surface area contributed by atoms with Gasteiger partial charge in [0.25, 0.3) is 0 Å². The molecule has 0 saturated heterocycles. The molecule has 1 aliphatic heterocycles. The first-order valence-corrected chi connectivity index (χ1v) is 9.94. The lowest BCUT2D eigenvalue weighted by molar-refractivity contribution is -0.112. The van der Waals surface area contributed by atoms with Gasteiger partial charge in [0.15, 0.2) is 17.3 Å². The zero-order valence-corrected chi connectivity index (χ0v) is 17.7. The summed E-state index contributed by atoms with van der Waals surface area (Å²) in [6.07, 6.45) is 0. The molecule has 32 heavy (non-hydrogen) atoms. The Morgan fingerprint density at radius 1 is 1.00 bits per heavy atom. The summed E-state index contributed by atoms with van der Waals surface area (Å²) in [4.78, 5) is 28.9. The number of benzene rings is 3. The molecule has 0 fully saturated rings. The molecule has 0 unspecified atom stereocenters. The third kappa shape index (κ3) is 4.27. The lowest BCUT2D eigenvalue weighted by atomic mass is 10.2. The van der Waals surface area contributed by atoms with Gasteiger partial charge in [-0.2, -0.15) is 5.01 Å². The first-order chi connectivity index (χ1) is 15.3. The molecule has 0 aliphatic carbocycles. The van der Waals surface area contributed by atoms with Gasteiger partial charge in [0.05, 0.1) is 27.0 Å². The molecule has 8 nitrogen and oxygen atoms in total. The molecule has 4 rings (SSSR count). The van der Waals surface area contributed by atoms with Gasteiger partial charge < -0.3 is 15.5 Å². The van der Waals surface area contributed by atoms with Crippen LogP contribution in [-0.4, -0.2) is 33.6 Å². The number of anilines is 2. The maximum Gasteiger partial charge on any atom is 0.335 e. The SMILES string of the molecule is O=C(O)c1cccc(N2N=C(Nc3ccccc3)C(=Nc3cc(Cl)c(O)c(Cl)c3)C2=O)c1. The third-order valence-electron chi connectivity index (χ3n) is 4.44. The van der Waals surface area contributed by atoms with Crippen molar-refractivity contribution in [3.05, 3.63) is 82.3 Å². The zero-order valence-electron chi connectivity index (χ0n) is 16.2. The Labute approximate surface area is 192 Å². The van der Waals surface area contributed by atoms with Crippen molar-refractivity contribution in [2.75, 3.05) is 10.3 Å². The maximum absolute atomic E-state index is 13.2. The number of hydrogen-bond acceptors (Lipinski definition) is 6. The van der Waals surface area contributed by atoms with Crippen molar-refractivity contribution in [1.82, 2.24) is 0 Å². The van der Waals surface area contributed by atoms with Crippen molar-refractivity contribution in [1.29, 1.82) is 0 Å². The molecular weight excluding hydrogens is 455 g/mol. The minimum Gasteiger partial charge on any atom is -0.505 e. The van der Waals surface area contributed by atoms with Gasteiger partial charge >= 0.3 is 11.9 Å². The lowest BCUT2D eigenvalue weighted by Crippen LogP contribution is -2.29. The van der Waals surface area contributed by atoms with Gasteiger partial charge in [0.1, 0.15) is 0 Å². The van der Waals surface area contributed by atoms with Gasteiger partial charge in [-0.05, 0) is 42.5 Å². The number of aromatic hydroxyl groups is 1. The fourth-order valence-electron chi connectivity index (χ4n) is 2.93. The van der Waals surface area contributed by atoms with Crippen LogP contribution in [0.2, 0.25) is 10.0 Å². The van der Waals surface area contributed by atoms with Crippen LogP contribution >= 0.6 is 23.2 Å². The van der Waals surface area contributed by atoms with E-state index in [1.807, 2.05) is 18.2 Å². The molecule has 1 heterocycles. The summed E-state index contributed by atoms with van der Waals surface area (Å²) in [7, 11) is 0. The van der Waals surface area contributed by atoms with E-state index >= 15 is 0 Å². The lowest BCUT2D eigenvalue weighted by Gasteiger charge is -2.11. The van der Waals surface area contributed by atoms with E-state index < -0.39 is 11.9 Å². The number of phenolic OH excluding ortho intramolecular Hbond substituents is 1. The van der Waals surface area contributed by atoms with Crippen LogP contribution in [0.1, 0.15) is 10.4 Å². The number of para-hydroxylation sites is 1. The fourth-order valence-corrected chi connectivity index (χ4v) is 3.40. The predicted octanol–water partition coefficient (Wildman–Crippen LogP) is 4.94. The van der Waals surface area contributed by atoms with Crippen molar-refractivity contribution < 1.29 is 19.8 Å². The molecule has 0 atom stereocenters. The van der Waals surface area contributed by atoms with Gasteiger partial charge in [-0.3, -0.25) is 4.79 Å². The van der Waals surface area contributed by atoms with Crippen molar-refractivity contribution >= 4 is 63.7 Å². The second-order valence-corrected chi connectivity index (χ2v) is 7.44. The number of carboxylic acids is 1. The molecule has 3 aromatic rings. The number of carbonyl (C=O) groups excluding carboxylic acids is 1. The molecule has 3 N–H and O–H groups in total. The van der Waals surface area contributed by atoms with Gasteiger partial charge in [0, 0.05) is 5.69 Å². The number of hydrazone groups is 1. The standard InChI is InChI=1S/C22H14Cl2N4O4/c23-16-10-14(11-17(24)19(16)29)25-18-20(26-13-6-2-1-3-7-13)27-28(21(18)30)15-8-4-5-12(9-15)22(31)32/h1-11,29H,(H,26,27)(H,31,32). The van der Waals surface area contributed by atoms with Gasteiger partial charge in [-0.25, -0.2) is 9.79 Å². The molecule has 0 bridgehead atoms. The summed E-state index contributed by atoms with van der Waals surface area (Å²) in [5, 5.41) is 27.4. The van der Waals surface area contributed by atoms with E-state index in [2.05, 4.69) is 15.4 Å². The van der Waals surface area contributed by atoms with Crippen LogP contribution in [0.4, 0.5) is 17.1 Å². The molecule has 0 aromatic heterocycles. The number of aromatic carboxylic acids is 1. The number of halogens is 2. The van der Waals surface area contributed by atoms with E-state index in [9.17, 15) is 19.8 Å². The second-order valence-electron chi connectivity index (χ2n) is 6.63. The van der Waals surface area contributed by atoms with Crippen LogP contribution in [0.5, 0.6) is 5.75 Å². The summed E-state index contributed by atoms with van der Waals surface area (Å²) < 4.78 is 0. The molecule has 3 aromatic carbocycles. The number of aliphatic imine (C=N–C) groups is 1. The minimum absolute atomic E-state index is 0.00514. The number of nitrogens with one attached hydrogen (secondary N) is 1. The van der Waals surface area contributed by atoms with E-state index in [0.29, 0.717) is 5.69 Å². The molecular formula is C22H14Cl2N4O4. The first kappa shape index (κ1) is 21.4. The van der Waals surface area contributed by atoms with E-state index in [1.54, 1.807) is 18.2 Å². The largest absolute Gasteiger partial charge is 0.505 e. The topological polar surface area (TPSA) is 115 Å². The number of phenols is 1. The normalized spacial score (nSPS) is 14.6. The number of rotatable bonds is 4. The van der Waals surface area contributed by atoms with Crippen LogP contribution < -0.4 is 10.3 Å². The number of carboxylic acid groups (broad SMARTS) is 1. The van der Waals surface area contributed by atoms with E-state index in [-0.39, 0.29) is 44.3 Å². The van der Waals surface area contributed by atoms with Crippen LogP contribution in [0, 0.1) is 0 Å². The summed E-state index contributed by atoms with van der Waals surface area (Å²) >= 11 is 12.0. The predicted molar refractivity (Wildman–Crippen MR) is 124 cm³/mol. The molecule has 1 amide bonds. The summed E-state index contributed by atoms with van der Waals surface area (Å²) in [6, 6.07) is 17.6. The Bertz CT molecular complexity index is 1270. The number of hydrogen-bond donors (Lipinski definition) is 3. The molecule has 10 heteroatoms. The van der Waals surface area contributed by atoms with Crippen molar-refractivity contribution in [2.45, 2.75) is 0 Å². The fraction of sp³-hybridized carbons (Fsp3) is 0. The Morgan fingerprint density at radius 2 is 1.69 bits per heavy atom. The number of carbonyl (C=O) groups is 2. The summed E-state index contributed by atoms with van der Waals surface area (Å²) in [5.74, 6) is -1.88. The van der Waals surface area contributed by atoms with Crippen LogP contribution in [0.3, 0.4) is 0 Å². The summed E-state index contributed by atoms with van der Waals surface area (Å²) in [5.41, 5.74) is 1.10. The van der Waals surface area contributed by atoms with E-state index in [1.165, 1.54) is 30.3 Å². The number of amides is 1. The molecule has 0 spiro atoms. The quantitative estimate of drug-likeness (QED) is 0.501. The van der Waals surface area contributed by atoms with Crippen molar-refractivity contribution in [3.8, 4) is 5.75 Å². The highest BCUT2D eigenvalue weighted by Crippen LogP contribution is 2.36. The first-order valence-electron chi connectivity index (χ1n) is 9.19. The minimum atomic E-state index is -1.13. The summed E-state index contributed by atoms with van der Waals surface area (Å²) in [6.45, 7) is 0. The number of nitrogens with zero attached hydrogens (tertiary/aromatic N) is 3. The molecule has 160 valence electrons. The van der Waals surface area contributed by atoms with Gasteiger partial charge in [-0.15, -0.1) is 5.10 Å². The third-order valence-corrected chi connectivity index (χ3v) is 5.01. The van der Waals surface area contributed by atoms with Crippen molar-refractivity contribution in [3.63, 3.8) is 0 Å². The smallest absolute Gasteiger partial charge is 0.335 e. The molecule has 1 aliphatic rings. The van der Waals surface area contributed by atoms with Gasteiger partial charge in [-0.1, -0.05) is 47.5 Å². The van der Waals surface area contributed by atoms with E-state index in [0.717, 1.165) is 5.01 Å². The highest BCUT2D eigenvalue weighted by Gasteiger charge is 2.34. The highest BCUT2D eigenvalue weighted by atomic mass is 35.5. The number of amidine groups is 1. The molecule has 0 saturated carbocycles. The Morgan fingerprint density at radius 3 is 2.34 bits per heavy atom. The average Bonchev–Trinajstić information content (AvgIpc) is 3.08. The zero-order chi connectivity index (χ0) is 22.8. The Hall–Kier alpha value is -3.88. The van der Waals surface area contributed by atoms with E-state index in [4.69, 9.17) is 23.2 Å². The van der Waals surface area contributed by atoms with Crippen LogP contribution in [0.15, 0.2) is 76.8 Å². The Balaban J connectivity index is 1.79. The average molecular weight is 469 g/mol. The van der Waals surface area contributed by atoms with Crippen LogP contribution in [-0.2, 0) is 4.79 Å². The van der Waals surface area contributed by atoms with Crippen molar-refractivity contribution in [2.24, 2.45) is 10.1 Å². The monoisotopic (exact) mass is 468 g/mol. The second kappa shape index (κ2) is 8.70. The Kier molecular flexibility index (Phi) is 5.81. The van der Waals surface area contributed by atoms with Crippen LogP contribution in [0.25, 0.3) is 0 Å². The van der Waals surface area contributed by atoms with Gasteiger partial charge in [0.2, 0.25) is 0 Å².